The number of hydrogen-bond acceptors (Lipinski definition) is 8. The van der Waals surface area contributed by atoms with Crippen LogP contribution >= 0.6 is 23.1 Å². The van der Waals surface area contributed by atoms with Crippen LogP contribution in [0.25, 0.3) is 10.2 Å². The van der Waals surface area contributed by atoms with Crippen molar-refractivity contribution in [3.8, 4) is 0 Å². The van der Waals surface area contributed by atoms with Crippen LogP contribution in [0.3, 0.4) is 0 Å². The van der Waals surface area contributed by atoms with Crippen molar-refractivity contribution in [1.82, 2.24) is 14.7 Å². The molecule has 3 aromatic rings. The van der Waals surface area contributed by atoms with Gasteiger partial charge in [0.1, 0.15) is 10.6 Å². The molecule has 0 bridgehead atoms. The van der Waals surface area contributed by atoms with E-state index in [9.17, 15) is 9.59 Å². The van der Waals surface area contributed by atoms with E-state index in [2.05, 4.69) is 17.4 Å². The zero-order valence-corrected chi connectivity index (χ0v) is 19.5. The highest BCUT2D eigenvalue weighted by Crippen LogP contribution is 2.30. The van der Waals surface area contributed by atoms with E-state index in [4.69, 9.17) is 14.2 Å². The highest BCUT2D eigenvalue weighted by Gasteiger charge is 2.22. The molecule has 1 atom stereocenters. The van der Waals surface area contributed by atoms with Gasteiger partial charge in [-0.1, -0.05) is 23.8 Å². The van der Waals surface area contributed by atoms with Gasteiger partial charge in [-0.2, -0.15) is 0 Å². The van der Waals surface area contributed by atoms with E-state index in [0.29, 0.717) is 29.0 Å². The number of anilines is 1. The maximum absolute atomic E-state index is 13.4. The molecule has 4 heterocycles. The predicted octanol–water partition coefficient (Wildman–Crippen LogP) is 3.93. The quantitative estimate of drug-likeness (QED) is 0.400. The van der Waals surface area contributed by atoms with Crippen LogP contribution in [0.5, 0.6) is 0 Å². The number of aromatic nitrogens is 3. The molecule has 0 saturated carbocycles. The number of hydrogen-bond donors (Lipinski definition) is 1. The first-order chi connectivity index (χ1) is 15.0. The molecule has 31 heavy (non-hydrogen) atoms. The van der Waals surface area contributed by atoms with E-state index >= 15 is 0 Å². The van der Waals surface area contributed by atoms with Crippen molar-refractivity contribution in [2.75, 3.05) is 17.7 Å². The summed E-state index contributed by atoms with van der Waals surface area (Å²) in [6, 6.07) is 1.67. The lowest BCUT2D eigenvalue weighted by atomic mass is 10.1. The molecule has 4 rings (SSSR count). The SMILES string of the molecule is CCc1c(C)sc2nc(SCCC(=O)Nc3cc(C)on3)n(CC3CCCO3)c(=O)c12. The number of carbonyl (C=O) groups excluding carboxylic acids is 1. The molecule has 0 aromatic carbocycles. The second kappa shape index (κ2) is 9.54. The van der Waals surface area contributed by atoms with E-state index in [-0.39, 0.29) is 24.0 Å². The van der Waals surface area contributed by atoms with Crippen LogP contribution in [-0.4, -0.2) is 39.1 Å². The number of thioether (sulfide) groups is 1. The highest BCUT2D eigenvalue weighted by molar-refractivity contribution is 7.99. The van der Waals surface area contributed by atoms with Gasteiger partial charge >= 0.3 is 0 Å². The van der Waals surface area contributed by atoms with Crippen molar-refractivity contribution >= 4 is 45.0 Å². The Bertz CT molecular complexity index is 1140. The van der Waals surface area contributed by atoms with Crippen LogP contribution in [-0.2, 0) is 22.5 Å². The Morgan fingerprint density at radius 3 is 2.94 bits per heavy atom. The Kier molecular flexibility index (Phi) is 6.78. The van der Waals surface area contributed by atoms with Crippen LogP contribution < -0.4 is 10.9 Å². The second-order valence-corrected chi connectivity index (χ2v) is 9.85. The standard InChI is InChI=1S/C21H26N4O4S2/c1-4-15-13(3)31-19-18(15)20(27)25(11-14-6-5-8-28-14)21(23-19)30-9-7-17(26)22-16-10-12(2)29-24-16/h10,14H,4-9,11H2,1-3H3,(H,22,24,26). The van der Waals surface area contributed by atoms with Crippen LogP contribution in [0, 0.1) is 13.8 Å². The molecule has 1 aliphatic rings. The summed E-state index contributed by atoms with van der Waals surface area (Å²) >= 11 is 2.98. The summed E-state index contributed by atoms with van der Waals surface area (Å²) in [7, 11) is 0. The molecule has 1 saturated heterocycles. The fourth-order valence-corrected chi connectivity index (χ4v) is 5.89. The molecule has 166 valence electrons. The van der Waals surface area contributed by atoms with Gasteiger partial charge in [-0.25, -0.2) is 4.98 Å². The van der Waals surface area contributed by atoms with Crippen LogP contribution in [0.15, 0.2) is 20.5 Å². The number of carbonyl (C=O) groups is 1. The number of fused-ring (bicyclic) bond motifs is 1. The van der Waals surface area contributed by atoms with Gasteiger partial charge in [0.2, 0.25) is 5.91 Å². The zero-order chi connectivity index (χ0) is 22.0. The van der Waals surface area contributed by atoms with Crippen molar-refractivity contribution < 1.29 is 14.1 Å². The Balaban J connectivity index is 1.54. The minimum Gasteiger partial charge on any atom is -0.376 e. The van der Waals surface area contributed by atoms with Gasteiger partial charge in [0.05, 0.1) is 18.0 Å². The van der Waals surface area contributed by atoms with Crippen molar-refractivity contribution in [2.24, 2.45) is 0 Å². The van der Waals surface area contributed by atoms with Crippen molar-refractivity contribution in [2.45, 2.75) is 64.3 Å². The van der Waals surface area contributed by atoms with Crippen LogP contribution in [0.2, 0.25) is 0 Å². The third-order valence-electron chi connectivity index (χ3n) is 5.30. The lowest BCUT2D eigenvalue weighted by Crippen LogP contribution is -2.29. The minimum absolute atomic E-state index is 0.00766. The number of rotatable bonds is 8. The molecule has 8 nitrogen and oxygen atoms in total. The molecule has 10 heteroatoms. The summed E-state index contributed by atoms with van der Waals surface area (Å²) in [6.07, 6.45) is 3.05. The fraction of sp³-hybridized carbons (Fsp3) is 0.524. The summed E-state index contributed by atoms with van der Waals surface area (Å²) in [5.74, 6) is 1.38. The molecular weight excluding hydrogens is 436 g/mol. The number of nitrogens with one attached hydrogen (secondary N) is 1. The Labute approximate surface area is 188 Å². The average molecular weight is 463 g/mol. The third kappa shape index (κ3) is 4.86. The van der Waals surface area contributed by atoms with Gasteiger partial charge in [-0.05, 0) is 38.7 Å². The Hall–Kier alpha value is -2.17. The Morgan fingerprint density at radius 2 is 2.26 bits per heavy atom. The monoisotopic (exact) mass is 462 g/mol. The molecular formula is C21H26N4O4S2. The Morgan fingerprint density at radius 1 is 1.42 bits per heavy atom. The molecule has 0 aliphatic carbocycles. The van der Waals surface area contributed by atoms with Gasteiger partial charge in [0.15, 0.2) is 11.0 Å². The molecule has 1 amide bonds. The van der Waals surface area contributed by atoms with Crippen molar-refractivity contribution in [3.63, 3.8) is 0 Å². The first-order valence-electron chi connectivity index (χ1n) is 10.5. The third-order valence-corrected chi connectivity index (χ3v) is 7.32. The van der Waals surface area contributed by atoms with E-state index < -0.39 is 0 Å². The first-order valence-corrected chi connectivity index (χ1v) is 12.3. The summed E-state index contributed by atoms with van der Waals surface area (Å²) in [4.78, 5) is 32.4. The number of aryl methyl sites for hydroxylation is 3. The van der Waals surface area contributed by atoms with E-state index in [0.717, 1.165) is 46.5 Å². The largest absolute Gasteiger partial charge is 0.376 e. The van der Waals surface area contributed by atoms with E-state index in [1.807, 2.05) is 6.92 Å². The smallest absolute Gasteiger partial charge is 0.263 e. The normalized spacial score (nSPS) is 16.3. The fourth-order valence-electron chi connectivity index (χ4n) is 3.79. The van der Waals surface area contributed by atoms with Gasteiger partial charge in [-0.15, -0.1) is 11.3 Å². The number of thiophene rings is 1. The molecule has 0 radical (unpaired) electrons. The molecule has 1 aliphatic heterocycles. The molecule has 3 aromatic heterocycles. The van der Waals surface area contributed by atoms with Crippen molar-refractivity contribution in [3.05, 3.63) is 32.6 Å². The van der Waals surface area contributed by atoms with E-state index in [1.165, 1.54) is 11.8 Å². The summed E-state index contributed by atoms with van der Waals surface area (Å²) < 4.78 is 12.5. The molecule has 1 fully saturated rings. The summed E-state index contributed by atoms with van der Waals surface area (Å²) in [5, 5.41) is 7.86. The number of nitrogens with zero attached hydrogens (tertiary/aromatic N) is 3. The maximum Gasteiger partial charge on any atom is 0.263 e. The lowest BCUT2D eigenvalue weighted by Gasteiger charge is -2.16. The van der Waals surface area contributed by atoms with Gasteiger partial charge in [-0.3, -0.25) is 14.2 Å². The molecule has 0 spiro atoms. The van der Waals surface area contributed by atoms with Crippen LogP contribution in [0.4, 0.5) is 5.82 Å². The van der Waals surface area contributed by atoms with Gasteiger partial charge < -0.3 is 14.6 Å². The number of ether oxygens (including phenoxy) is 1. The minimum atomic E-state index is -0.157. The topological polar surface area (TPSA) is 99.3 Å². The van der Waals surface area contributed by atoms with Crippen molar-refractivity contribution in [1.29, 1.82) is 0 Å². The zero-order valence-electron chi connectivity index (χ0n) is 17.9. The second-order valence-electron chi connectivity index (χ2n) is 7.59. The summed E-state index contributed by atoms with van der Waals surface area (Å²) in [6.45, 7) is 7.10. The summed E-state index contributed by atoms with van der Waals surface area (Å²) in [5.41, 5.74) is 1.07. The number of amides is 1. The van der Waals surface area contributed by atoms with E-state index in [1.54, 1.807) is 28.9 Å². The molecule has 1 unspecified atom stereocenters. The maximum atomic E-state index is 13.4. The molecule has 1 N–H and O–H groups in total. The average Bonchev–Trinajstić information content (AvgIpc) is 3.45. The van der Waals surface area contributed by atoms with Gasteiger partial charge in [0.25, 0.3) is 5.56 Å². The predicted molar refractivity (Wildman–Crippen MR) is 122 cm³/mol. The first kappa shape index (κ1) is 22.0. The highest BCUT2D eigenvalue weighted by atomic mass is 32.2. The lowest BCUT2D eigenvalue weighted by molar-refractivity contribution is -0.115. The van der Waals surface area contributed by atoms with Crippen LogP contribution in [0.1, 0.15) is 42.4 Å². The van der Waals surface area contributed by atoms with Gasteiger partial charge in [0, 0.05) is 29.7 Å².